The van der Waals surface area contributed by atoms with E-state index in [1.807, 2.05) is 0 Å². The number of hydrogen-bond acceptors (Lipinski definition) is 1. The third-order valence-electron chi connectivity index (χ3n) is 9.66. The van der Waals surface area contributed by atoms with E-state index in [1.165, 1.54) is 54.4 Å². The first-order chi connectivity index (χ1) is 23.8. The fraction of sp³-hybridized carbons (Fsp3) is 0. The Labute approximate surface area is 277 Å². The molecule has 0 fully saturated rings. The van der Waals surface area contributed by atoms with Crippen LogP contribution in [0.5, 0.6) is 0 Å². The van der Waals surface area contributed by atoms with Crippen molar-refractivity contribution in [3.63, 3.8) is 0 Å². The van der Waals surface area contributed by atoms with E-state index >= 15 is 0 Å². The number of rotatable bonds is 4. The smallest absolute Gasteiger partial charge is 0.0730 e. The molecule has 7 aromatic carbocycles. The molecule has 0 radical (unpaired) electrons. The van der Waals surface area contributed by atoms with Gasteiger partial charge in [0.2, 0.25) is 0 Å². The summed E-state index contributed by atoms with van der Waals surface area (Å²) in [4.78, 5) is 5.17. The molecular formula is C45H29N3. The van der Waals surface area contributed by atoms with Crippen molar-refractivity contribution in [2.75, 3.05) is 0 Å². The van der Waals surface area contributed by atoms with Crippen molar-refractivity contribution in [1.29, 1.82) is 0 Å². The minimum absolute atomic E-state index is 0.952. The second kappa shape index (κ2) is 10.5. The Hall–Kier alpha value is -6.45. The quantitative estimate of drug-likeness (QED) is 0.194. The highest BCUT2D eigenvalue weighted by molar-refractivity contribution is 6.22. The van der Waals surface area contributed by atoms with Gasteiger partial charge >= 0.3 is 0 Å². The molecule has 0 bridgehead atoms. The Morgan fingerprint density at radius 1 is 0.333 bits per heavy atom. The van der Waals surface area contributed by atoms with Gasteiger partial charge < -0.3 is 9.13 Å². The Bertz CT molecular complexity index is 2750. The van der Waals surface area contributed by atoms with Crippen LogP contribution in [0.1, 0.15) is 0 Å². The van der Waals surface area contributed by atoms with Crippen LogP contribution < -0.4 is 0 Å². The summed E-state index contributed by atoms with van der Waals surface area (Å²) in [5.74, 6) is 0. The van der Waals surface area contributed by atoms with Crippen molar-refractivity contribution in [3.8, 4) is 33.9 Å². The Kier molecular flexibility index (Phi) is 5.87. The van der Waals surface area contributed by atoms with Crippen LogP contribution in [0.4, 0.5) is 0 Å². The molecule has 3 heterocycles. The predicted octanol–water partition coefficient (Wildman–Crippen LogP) is 11.8. The van der Waals surface area contributed by atoms with Crippen molar-refractivity contribution in [2.24, 2.45) is 0 Å². The molecule has 0 N–H and O–H groups in total. The average molecular weight is 612 g/mol. The maximum absolute atomic E-state index is 5.17. The number of fused-ring (bicyclic) bond motifs is 8. The summed E-state index contributed by atoms with van der Waals surface area (Å²) < 4.78 is 4.85. The number of nitrogens with zero attached hydrogens (tertiary/aromatic N) is 3. The summed E-state index contributed by atoms with van der Waals surface area (Å²) in [5.41, 5.74) is 11.2. The van der Waals surface area contributed by atoms with Gasteiger partial charge in [-0.15, -0.1) is 0 Å². The third-order valence-corrected chi connectivity index (χ3v) is 9.66. The predicted molar refractivity (Wildman–Crippen MR) is 201 cm³/mol. The minimum Gasteiger partial charge on any atom is -0.309 e. The standard InChI is InChI=1S/C45H29N3/c1-4-14-30(15-5-1)40-27-34(28-41(46-40)31-16-6-2-7-17-31)47-42-22-12-11-21-36(42)39-29-38-32(26-44(39)47)24-25-37-35-20-10-13-23-43(35)48(45(37)38)33-18-8-3-9-19-33/h1-29H. The number of hydrogen-bond donors (Lipinski definition) is 0. The second-order valence-corrected chi connectivity index (χ2v) is 12.4. The lowest BCUT2D eigenvalue weighted by Crippen LogP contribution is -1.98. The molecule has 3 nitrogen and oxygen atoms in total. The largest absolute Gasteiger partial charge is 0.309 e. The van der Waals surface area contributed by atoms with E-state index in [-0.39, 0.29) is 0 Å². The lowest BCUT2D eigenvalue weighted by atomic mass is 10.0. The highest BCUT2D eigenvalue weighted by Gasteiger charge is 2.19. The highest BCUT2D eigenvalue weighted by atomic mass is 15.0. The molecule has 10 aromatic rings. The van der Waals surface area contributed by atoms with Crippen molar-refractivity contribution < 1.29 is 0 Å². The summed E-state index contributed by atoms with van der Waals surface area (Å²) in [6, 6.07) is 63.1. The van der Waals surface area contributed by atoms with E-state index < -0.39 is 0 Å². The molecule has 10 rings (SSSR count). The van der Waals surface area contributed by atoms with E-state index in [0.717, 1.165) is 33.9 Å². The summed E-state index contributed by atoms with van der Waals surface area (Å²) >= 11 is 0. The van der Waals surface area contributed by atoms with Crippen molar-refractivity contribution in [1.82, 2.24) is 14.1 Å². The van der Waals surface area contributed by atoms with Crippen LogP contribution in [-0.2, 0) is 0 Å². The minimum atomic E-state index is 0.952. The molecule has 224 valence electrons. The molecule has 0 saturated heterocycles. The molecule has 3 aromatic heterocycles. The molecular weight excluding hydrogens is 583 g/mol. The Balaban J connectivity index is 1.31. The zero-order valence-corrected chi connectivity index (χ0v) is 26.1. The summed E-state index contributed by atoms with van der Waals surface area (Å²) in [6.45, 7) is 0. The molecule has 0 saturated carbocycles. The molecule has 0 aliphatic rings. The topological polar surface area (TPSA) is 22.8 Å². The number of para-hydroxylation sites is 3. The zero-order valence-electron chi connectivity index (χ0n) is 26.1. The van der Waals surface area contributed by atoms with Gasteiger partial charge in [-0.3, -0.25) is 0 Å². The number of aromatic nitrogens is 3. The van der Waals surface area contributed by atoms with Gasteiger partial charge in [-0.25, -0.2) is 4.98 Å². The molecule has 0 amide bonds. The maximum Gasteiger partial charge on any atom is 0.0730 e. The van der Waals surface area contributed by atoms with Gasteiger partial charge in [-0.05, 0) is 53.9 Å². The Morgan fingerprint density at radius 3 is 1.52 bits per heavy atom. The molecule has 0 aliphatic heterocycles. The fourth-order valence-electron chi connectivity index (χ4n) is 7.53. The summed E-state index contributed by atoms with van der Waals surface area (Å²) in [5, 5.41) is 7.44. The number of benzene rings is 7. The van der Waals surface area contributed by atoms with Gasteiger partial charge in [-0.2, -0.15) is 0 Å². The normalized spacial score (nSPS) is 11.8. The molecule has 0 spiro atoms. The van der Waals surface area contributed by atoms with Gasteiger partial charge in [0, 0.05) is 43.7 Å². The molecule has 3 heteroatoms. The average Bonchev–Trinajstić information content (AvgIpc) is 3.67. The fourth-order valence-corrected chi connectivity index (χ4v) is 7.53. The zero-order chi connectivity index (χ0) is 31.6. The second-order valence-electron chi connectivity index (χ2n) is 12.4. The first kappa shape index (κ1) is 26.7. The van der Waals surface area contributed by atoms with Crippen LogP contribution in [-0.4, -0.2) is 14.1 Å². The third kappa shape index (κ3) is 4.04. The van der Waals surface area contributed by atoms with E-state index in [4.69, 9.17) is 4.98 Å². The van der Waals surface area contributed by atoms with Crippen LogP contribution in [0.25, 0.3) is 88.3 Å². The van der Waals surface area contributed by atoms with Crippen LogP contribution in [0.2, 0.25) is 0 Å². The van der Waals surface area contributed by atoms with Gasteiger partial charge in [0.25, 0.3) is 0 Å². The van der Waals surface area contributed by atoms with Crippen LogP contribution >= 0.6 is 0 Å². The monoisotopic (exact) mass is 611 g/mol. The highest BCUT2D eigenvalue weighted by Crippen LogP contribution is 2.41. The number of pyridine rings is 1. The van der Waals surface area contributed by atoms with E-state index in [2.05, 4.69) is 185 Å². The van der Waals surface area contributed by atoms with Gasteiger partial charge in [0.1, 0.15) is 0 Å². The van der Waals surface area contributed by atoms with E-state index in [1.54, 1.807) is 0 Å². The van der Waals surface area contributed by atoms with Crippen LogP contribution in [0.15, 0.2) is 176 Å². The van der Waals surface area contributed by atoms with Crippen molar-refractivity contribution in [3.05, 3.63) is 176 Å². The van der Waals surface area contributed by atoms with Crippen molar-refractivity contribution in [2.45, 2.75) is 0 Å². The van der Waals surface area contributed by atoms with Crippen LogP contribution in [0.3, 0.4) is 0 Å². The molecule has 0 aliphatic carbocycles. The lowest BCUT2D eigenvalue weighted by molar-refractivity contribution is 1.16. The SMILES string of the molecule is c1ccc(-c2cc(-n3c4ccccc4c4cc5c(ccc6c7ccccc7n(-c7ccccc7)c56)cc43)cc(-c3ccccc3)n2)cc1. The maximum atomic E-state index is 5.17. The van der Waals surface area contributed by atoms with Gasteiger partial charge in [0.05, 0.1) is 39.1 Å². The first-order valence-electron chi connectivity index (χ1n) is 16.4. The van der Waals surface area contributed by atoms with Gasteiger partial charge in [0.15, 0.2) is 0 Å². The van der Waals surface area contributed by atoms with Crippen molar-refractivity contribution >= 4 is 54.4 Å². The summed E-state index contributed by atoms with van der Waals surface area (Å²) in [6.07, 6.45) is 0. The van der Waals surface area contributed by atoms with Crippen LogP contribution in [0, 0.1) is 0 Å². The molecule has 0 atom stereocenters. The summed E-state index contributed by atoms with van der Waals surface area (Å²) in [7, 11) is 0. The van der Waals surface area contributed by atoms with Gasteiger partial charge in [-0.1, -0.05) is 127 Å². The molecule has 48 heavy (non-hydrogen) atoms. The molecule has 0 unspecified atom stereocenters. The van der Waals surface area contributed by atoms with E-state index in [0.29, 0.717) is 0 Å². The first-order valence-corrected chi connectivity index (χ1v) is 16.4. The van der Waals surface area contributed by atoms with E-state index in [9.17, 15) is 0 Å². The Morgan fingerprint density at radius 2 is 0.875 bits per heavy atom. The lowest BCUT2D eigenvalue weighted by Gasteiger charge is -2.14.